The molecule has 1 N–H and O–H groups in total. The van der Waals surface area contributed by atoms with Crippen molar-refractivity contribution in [3.05, 3.63) is 59.2 Å². The minimum atomic E-state index is -3.60. The van der Waals surface area contributed by atoms with Gasteiger partial charge in [0, 0.05) is 6.54 Å². The lowest BCUT2D eigenvalue weighted by Crippen LogP contribution is -2.39. The summed E-state index contributed by atoms with van der Waals surface area (Å²) in [5, 5.41) is 0. The Labute approximate surface area is 132 Å². The highest BCUT2D eigenvalue weighted by Crippen LogP contribution is 2.29. The molecule has 22 heavy (non-hydrogen) atoms. The van der Waals surface area contributed by atoms with E-state index in [1.807, 2.05) is 56.3 Å². The van der Waals surface area contributed by atoms with Crippen molar-refractivity contribution >= 4 is 21.6 Å². The molecular formula is C17H20N2O2S. The van der Waals surface area contributed by atoms with Gasteiger partial charge in [-0.25, -0.2) is 0 Å². The average molecular weight is 316 g/mol. The van der Waals surface area contributed by atoms with E-state index in [0.29, 0.717) is 12.2 Å². The SMILES string of the molecule is Cc1cc(C)cc(NS(=O)(=O)N2CCCc3ccccc32)c1. The molecule has 0 spiro atoms. The zero-order chi connectivity index (χ0) is 15.7. The first kappa shape index (κ1) is 14.9. The van der Waals surface area contributed by atoms with E-state index in [2.05, 4.69) is 4.72 Å². The molecule has 0 aromatic heterocycles. The summed E-state index contributed by atoms with van der Waals surface area (Å²) in [5.41, 5.74) is 4.55. The molecule has 1 aliphatic rings. The Bertz CT molecular complexity index is 780. The molecule has 5 heteroatoms. The van der Waals surface area contributed by atoms with E-state index >= 15 is 0 Å². The van der Waals surface area contributed by atoms with E-state index in [-0.39, 0.29) is 0 Å². The Morgan fingerprint density at radius 2 is 1.73 bits per heavy atom. The smallest absolute Gasteiger partial charge is 0.267 e. The standard InChI is InChI=1S/C17H20N2O2S/c1-13-10-14(2)12-16(11-13)18-22(20,21)19-9-5-7-15-6-3-4-8-17(15)19/h3-4,6,8,10-12,18H,5,7,9H2,1-2H3. The predicted molar refractivity (Wildman–Crippen MR) is 90.6 cm³/mol. The molecule has 3 rings (SSSR count). The van der Waals surface area contributed by atoms with Crippen LogP contribution in [0.1, 0.15) is 23.1 Å². The van der Waals surface area contributed by atoms with Crippen molar-refractivity contribution in [1.82, 2.24) is 0 Å². The van der Waals surface area contributed by atoms with Gasteiger partial charge in [-0.15, -0.1) is 0 Å². The van der Waals surface area contributed by atoms with Gasteiger partial charge < -0.3 is 0 Å². The maximum atomic E-state index is 12.8. The number of benzene rings is 2. The van der Waals surface area contributed by atoms with Gasteiger partial charge >= 0.3 is 10.2 Å². The minimum absolute atomic E-state index is 0.511. The van der Waals surface area contributed by atoms with Crippen LogP contribution in [0, 0.1) is 13.8 Å². The van der Waals surface area contributed by atoms with Crippen LogP contribution in [0.15, 0.2) is 42.5 Å². The summed E-state index contributed by atoms with van der Waals surface area (Å²) >= 11 is 0. The maximum absolute atomic E-state index is 12.8. The average Bonchev–Trinajstić information content (AvgIpc) is 2.45. The van der Waals surface area contributed by atoms with Crippen LogP contribution in [0.4, 0.5) is 11.4 Å². The zero-order valence-electron chi connectivity index (χ0n) is 12.8. The lowest BCUT2D eigenvalue weighted by molar-refractivity contribution is 0.592. The van der Waals surface area contributed by atoms with Crippen molar-refractivity contribution in [2.45, 2.75) is 26.7 Å². The van der Waals surface area contributed by atoms with Crippen LogP contribution in [-0.4, -0.2) is 15.0 Å². The molecule has 1 heterocycles. The minimum Gasteiger partial charge on any atom is -0.267 e. The van der Waals surface area contributed by atoms with E-state index in [0.717, 1.165) is 35.2 Å². The molecule has 0 atom stereocenters. The maximum Gasteiger partial charge on any atom is 0.323 e. The number of nitrogens with one attached hydrogen (secondary N) is 1. The van der Waals surface area contributed by atoms with E-state index < -0.39 is 10.2 Å². The lowest BCUT2D eigenvalue weighted by Gasteiger charge is -2.30. The second kappa shape index (κ2) is 5.65. The van der Waals surface area contributed by atoms with Gasteiger partial charge in [0.15, 0.2) is 0 Å². The second-order valence-electron chi connectivity index (χ2n) is 5.79. The summed E-state index contributed by atoms with van der Waals surface area (Å²) in [7, 11) is -3.60. The molecule has 0 aliphatic carbocycles. The predicted octanol–water partition coefficient (Wildman–Crippen LogP) is 3.41. The highest BCUT2D eigenvalue weighted by molar-refractivity contribution is 7.94. The molecule has 0 radical (unpaired) electrons. The Kier molecular flexibility index (Phi) is 3.83. The van der Waals surface area contributed by atoms with E-state index in [1.54, 1.807) is 0 Å². The molecule has 0 fully saturated rings. The first-order valence-electron chi connectivity index (χ1n) is 7.42. The Morgan fingerprint density at radius 1 is 1.05 bits per heavy atom. The zero-order valence-corrected chi connectivity index (χ0v) is 13.7. The third-order valence-corrected chi connectivity index (χ3v) is 5.28. The normalized spacial score (nSPS) is 14.5. The fourth-order valence-corrected chi connectivity index (χ4v) is 4.32. The van der Waals surface area contributed by atoms with Crippen molar-refractivity contribution in [3.8, 4) is 0 Å². The van der Waals surface area contributed by atoms with E-state index in [4.69, 9.17) is 0 Å². The molecule has 0 bridgehead atoms. The van der Waals surface area contributed by atoms with Gasteiger partial charge in [0.1, 0.15) is 0 Å². The highest BCUT2D eigenvalue weighted by Gasteiger charge is 2.27. The largest absolute Gasteiger partial charge is 0.323 e. The van der Waals surface area contributed by atoms with Crippen LogP contribution in [0.25, 0.3) is 0 Å². The molecule has 116 valence electrons. The topological polar surface area (TPSA) is 49.4 Å². The molecule has 0 unspecified atom stereocenters. The number of para-hydroxylation sites is 1. The number of nitrogens with zero attached hydrogens (tertiary/aromatic N) is 1. The Hall–Kier alpha value is -2.01. The van der Waals surface area contributed by atoms with Crippen LogP contribution >= 0.6 is 0 Å². The molecular weight excluding hydrogens is 296 g/mol. The molecule has 2 aromatic rings. The Balaban J connectivity index is 1.94. The van der Waals surface area contributed by atoms with Gasteiger partial charge in [0.05, 0.1) is 11.4 Å². The summed E-state index contributed by atoms with van der Waals surface area (Å²) in [6, 6.07) is 13.4. The number of hydrogen-bond donors (Lipinski definition) is 1. The van der Waals surface area contributed by atoms with Crippen molar-refractivity contribution < 1.29 is 8.42 Å². The monoisotopic (exact) mass is 316 g/mol. The molecule has 0 amide bonds. The first-order chi connectivity index (χ1) is 10.5. The van der Waals surface area contributed by atoms with Crippen molar-refractivity contribution in [2.24, 2.45) is 0 Å². The van der Waals surface area contributed by atoms with Crippen LogP contribution in [0.5, 0.6) is 0 Å². The summed E-state index contributed by atoms with van der Waals surface area (Å²) in [6.07, 6.45) is 1.76. The van der Waals surface area contributed by atoms with Gasteiger partial charge in [-0.3, -0.25) is 9.03 Å². The molecule has 0 saturated carbocycles. The molecule has 1 aliphatic heterocycles. The van der Waals surface area contributed by atoms with Gasteiger partial charge in [0.25, 0.3) is 0 Å². The highest BCUT2D eigenvalue weighted by atomic mass is 32.2. The summed E-state index contributed by atoms with van der Waals surface area (Å²) in [5.74, 6) is 0. The van der Waals surface area contributed by atoms with E-state index in [1.165, 1.54) is 4.31 Å². The quantitative estimate of drug-likeness (QED) is 0.943. The number of hydrogen-bond acceptors (Lipinski definition) is 2. The van der Waals surface area contributed by atoms with Gasteiger partial charge in [-0.1, -0.05) is 24.3 Å². The van der Waals surface area contributed by atoms with Crippen molar-refractivity contribution in [1.29, 1.82) is 0 Å². The second-order valence-corrected chi connectivity index (χ2v) is 7.38. The first-order valence-corrected chi connectivity index (χ1v) is 8.86. The Morgan fingerprint density at radius 3 is 2.45 bits per heavy atom. The van der Waals surface area contributed by atoms with Crippen LogP contribution < -0.4 is 9.03 Å². The van der Waals surface area contributed by atoms with Gasteiger partial charge in [-0.2, -0.15) is 8.42 Å². The third-order valence-electron chi connectivity index (χ3n) is 3.83. The summed E-state index contributed by atoms with van der Waals surface area (Å²) < 4.78 is 29.7. The third kappa shape index (κ3) is 2.95. The molecule has 0 saturated heterocycles. The van der Waals surface area contributed by atoms with Crippen LogP contribution in [0.3, 0.4) is 0 Å². The number of aryl methyl sites for hydroxylation is 3. The van der Waals surface area contributed by atoms with Gasteiger partial charge in [-0.05, 0) is 61.6 Å². The fourth-order valence-electron chi connectivity index (χ4n) is 2.99. The van der Waals surface area contributed by atoms with Crippen LogP contribution in [-0.2, 0) is 16.6 Å². The number of rotatable bonds is 3. The summed E-state index contributed by atoms with van der Waals surface area (Å²) in [6.45, 7) is 4.43. The van der Waals surface area contributed by atoms with Gasteiger partial charge in [0.2, 0.25) is 0 Å². The summed E-state index contributed by atoms with van der Waals surface area (Å²) in [4.78, 5) is 0. The van der Waals surface area contributed by atoms with Crippen molar-refractivity contribution in [2.75, 3.05) is 15.6 Å². The fraction of sp³-hybridized carbons (Fsp3) is 0.294. The number of fused-ring (bicyclic) bond motifs is 1. The molecule has 2 aromatic carbocycles. The van der Waals surface area contributed by atoms with Crippen LogP contribution in [0.2, 0.25) is 0 Å². The van der Waals surface area contributed by atoms with E-state index in [9.17, 15) is 8.42 Å². The number of anilines is 2. The van der Waals surface area contributed by atoms with Crippen molar-refractivity contribution in [3.63, 3.8) is 0 Å². The lowest BCUT2D eigenvalue weighted by atomic mass is 10.0. The molecule has 4 nitrogen and oxygen atoms in total.